The summed E-state index contributed by atoms with van der Waals surface area (Å²) in [4.78, 5) is 36.5. The lowest BCUT2D eigenvalue weighted by Crippen LogP contribution is -2.50. The highest BCUT2D eigenvalue weighted by molar-refractivity contribution is 5.97. The second-order valence-corrected chi connectivity index (χ2v) is 9.86. The quantitative estimate of drug-likeness (QED) is 0.542. The van der Waals surface area contributed by atoms with E-state index >= 15 is 0 Å². The van der Waals surface area contributed by atoms with Crippen molar-refractivity contribution >= 4 is 11.8 Å². The van der Waals surface area contributed by atoms with Crippen molar-refractivity contribution in [1.82, 2.24) is 19.7 Å². The lowest BCUT2D eigenvalue weighted by Gasteiger charge is -2.37. The van der Waals surface area contributed by atoms with Crippen LogP contribution in [-0.4, -0.2) is 109 Å². The van der Waals surface area contributed by atoms with Crippen LogP contribution in [0.2, 0.25) is 0 Å². The van der Waals surface area contributed by atoms with Gasteiger partial charge in [0.2, 0.25) is 11.8 Å². The summed E-state index contributed by atoms with van der Waals surface area (Å²) >= 11 is 0. The molecule has 3 heterocycles. The van der Waals surface area contributed by atoms with Gasteiger partial charge in [0.05, 0.1) is 19.2 Å². The monoisotopic (exact) mass is 500 g/mol. The van der Waals surface area contributed by atoms with Crippen LogP contribution >= 0.6 is 0 Å². The summed E-state index contributed by atoms with van der Waals surface area (Å²) < 4.78 is 11.3. The molecule has 0 aromatic carbocycles. The zero-order chi connectivity index (χ0) is 26.1. The van der Waals surface area contributed by atoms with Crippen LogP contribution in [0.1, 0.15) is 55.5 Å². The largest absolute Gasteiger partial charge is 0.472 e. The van der Waals surface area contributed by atoms with Gasteiger partial charge in [0, 0.05) is 51.3 Å². The average molecular weight is 501 g/mol. The van der Waals surface area contributed by atoms with Crippen molar-refractivity contribution in [3.8, 4) is 17.7 Å². The first-order chi connectivity index (χ1) is 17.3. The number of hydrogen-bond acceptors (Lipinski definition) is 7. The lowest BCUT2D eigenvalue weighted by molar-refractivity contribution is -0.131. The van der Waals surface area contributed by atoms with E-state index in [9.17, 15) is 14.7 Å². The van der Waals surface area contributed by atoms with Crippen LogP contribution in [0.4, 0.5) is 0 Å². The van der Waals surface area contributed by atoms with Gasteiger partial charge < -0.3 is 29.3 Å². The molecular weight excluding hydrogens is 460 g/mol. The molecule has 2 amide bonds. The van der Waals surface area contributed by atoms with E-state index in [1.54, 1.807) is 36.2 Å². The topological polar surface area (TPSA) is 95.4 Å². The Hall–Kier alpha value is -2.67. The number of aromatic nitrogens is 1. The van der Waals surface area contributed by atoms with Crippen molar-refractivity contribution in [1.29, 1.82) is 0 Å². The Morgan fingerprint density at radius 2 is 2.11 bits per heavy atom. The number of aliphatic hydroxyl groups excluding tert-OH is 1. The molecule has 1 fully saturated rings. The maximum absolute atomic E-state index is 13.4. The molecule has 0 saturated carbocycles. The normalized spacial score (nSPS) is 21.4. The number of fused-ring (bicyclic) bond motifs is 1. The SMILES string of the molecule is COCC#Cc1cnc2c(c1)C(=O)N([C@@H](C)CO)C[C@@H](C)[C@H](CN(C)C(=O)CCN1CCCCC1)O2. The van der Waals surface area contributed by atoms with E-state index in [2.05, 4.69) is 21.7 Å². The minimum atomic E-state index is -0.376. The molecule has 36 heavy (non-hydrogen) atoms. The number of nitrogens with zero attached hydrogens (tertiary/aromatic N) is 4. The van der Waals surface area contributed by atoms with Gasteiger partial charge in [0.25, 0.3) is 5.91 Å². The molecule has 0 aliphatic carbocycles. The molecular formula is C27H40N4O5. The van der Waals surface area contributed by atoms with Gasteiger partial charge in [-0.3, -0.25) is 9.59 Å². The molecule has 0 radical (unpaired) electrons. The fraction of sp³-hybridized carbons (Fsp3) is 0.667. The van der Waals surface area contributed by atoms with Gasteiger partial charge in [-0.2, -0.15) is 0 Å². The maximum Gasteiger partial charge on any atom is 0.259 e. The Balaban J connectivity index is 1.78. The first kappa shape index (κ1) is 27.9. The van der Waals surface area contributed by atoms with Crippen LogP contribution in [0.15, 0.2) is 12.3 Å². The number of carbonyl (C=O) groups excluding carboxylic acids is 2. The number of pyridine rings is 1. The number of carbonyl (C=O) groups is 2. The third kappa shape index (κ3) is 7.42. The van der Waals surface area contributed by atoms with E-state index < -0.39 is 0 Å². The molecule has 0 bridgehead atoms. The molecule has 2 aliphatic heterocycles. The van der Waals surface area contributed by atoms with Crippen LogP contribution in [0.25, 0.3) is 0 Å². The summed E-state index contributed by atoms with van der Waals surface area (Å²) in [6, 6.07) is 1.30. The molecule has 1 aromatic rings. The summed E-state index contributed by atoms with van der Waals surface area (Å²) in [6.45, 7) is 7.59. The standard InChI is InChI=1S/C27H40N4O5/c1-20-17-31(21(2)19-32)27(34)23-15-22(9-8-14-35-4)16-28-26(23)36-24(20)18-29(3)25(33)10-13-30-11-6-5-7-12-30/h15-16,20-21,24,32H,5-7,10-14,17-19H2,1-4H3/t20-,21+,24+/m1/s1. The number of piperidine rings is 1. The Kier molecular flexibility index (Phi) is 10.5. The van der Waals surface area contributed by atoms with E-state index in [1.165, 1.54) is 19.3 Å². The smallest absolute Gasteiger partial charge is 0.259 e. The number of likely N-dealkylation sites (tertiary alicyclic amines) is 1. The minimum absolute atomic E-state index is 0.0760. The number of aliphatic hydroxyl groups is 1. The second-order valence-electron chi connectivity index (χ2n) is 9.86. The Labute approximate surface area is 214 Å². The number of rotatable bonds is 8. The fourth-order valence-corrected chi connectivity index (χ4v) is 4.60. The summed E-state index contributed by atoms with van der Waals surface area (Å²) in [7, 11) is 3.37. The van der Waals surface area contributed by atoms with Gasteiger partial charge in [0.15, 0.2) is 0 Å². The van der Waals surface area contributed by atoms with Crippen molar-refractivity contribution in [3.05, 3.63) is 23.4 Å². The molecule has 9 heteroatoms. The molecule has 3 atom stereocenters. The van der Waals surface area contributed by atoms with Gasteiger partial charge in [-0.15, -0.1) is 0 Å². The first-order valence-electron chi connectivity index (χ1n) is 12.9. The Morgan fingerprint density at radius 1 is 1.36 bits per heavy atom. The average Bonchev–Trinajstić information content (AvgIpc) is 2.89. The van der Waals surface area contributed by atoms with Crippen LogP contribution < -0.4 is 4.74 Å². The molecule has 0 unspecified atom stereocenters. The molecule has 3 rings (SSSR count). The van der Waals surface area contributed by atoms with E-state index in [0.717, 1.165) is 19.6 Å². The number of amides is 2. The fourth-order valence-electron chi connectivity index (χ4n) is 4.60. The molecule has 1 saturated heterocycles. The van der Waals surface area contributed by atoms with Crippen LogP contribution in [0.5, 0.6) is 5.88 Å². The maximum atomic E-state index is 13.4. The highest BCUT2D eigenvalue weighted by Gasteiger charge is 2.34. The highest BCUT2D eigenvalue weighted by Crippen LogP contribution is 2.27. The van der Waals surface area contributed by atoms with Crippen molar-refractivity contribution < 1.29 is 24.2 Å². The van der Waals surface area contributed by atoms with Gasteiger partial charge >= 0.3 is 0 Å². The van der Waals surface area contributed by atoms with Crippen LogP contribution in [-0.2, 0) is 9.53 Å². The molecule has 9 nitrogen and oxygen atoms in total. The summed E-state index contributed by atoms with van der Waals surface area (Å²) in [5.74, 6) is 5.77. The van der Waals surface area contributed by atoms with Crippen molar-refractivity contribution in [2.45, 2.75) is 51.7 Å². The number of hydrogen-bond donors (Lipinski definition) is 1. The van der Waals surface area contributed by atoms with Crippen molar-refractivity contribution in [2.75, 3.05) is 60.1 Å². The van der Waals surface area contributed by atoms with E-state index in [1.807, 2.05) is 13.8 Å². The molecule has 0 spiro atoms. The van der Waals surface area contributed by atoms with Crippen LogP contribution in [0.3, 0.4) is 0 Å². The van der Waals surface area contributed by atoms with Gasteiger partial charge in [-0.1, -0.05) is 25.2 Å². The van der Waals surface area contributed by atoms with Crippen molar-refractivity contribution in [3.63, 3.8) is 0 Å². The van der Waals surface area contributed by atoms with E-state index in [0.29, 0.717) is 30.6 Å². The lowest BCUT2D eigenvalue weighted by atomic mass is 9.99. The Morgan fingerprint density at radius 3 is 2.81 bits per heavy atom. The molecule has 2 aliphatic rings. The van der Waals surface area contributed by atoms with Gasteiger partial charge in [-0.25, -0.2) is 4.98 Å². The zero-order valence-corrected chi connectivity index (χ0v) is 22.0. The minimum Gasteiger partial charge on any atom is -0.472 e. The predicted octanol–water partition coefficient (Wildman–Crippen LogP) is 1.63. The molecule has 1 aromatic heterocycles. The van der Waals surface area contributed by atoms with E-state index in [4.69, 9.17) is 9.47 Å². The third-order valence-corrected chi connectivity index (χ3v) is 6.94. The highest BCUT2D eigenvalue weighted by atomic mass is 16.5. The summed E-state index contributed by atoms with van der Waals surface area (Å²) in [5, 5.41) is 9.82. The van der Waals surface area contributed by atoms with Gasteiger partial charge in [0.1, 0.15) is 18.3 Å². The molecule has 1 N–H and O–H groups in total. The first-order valence-corrected chi connectivity index (χ1v) is 12.9. The number of methoxy groups -OCH3 is 1. The summed E-state index contributed by atoms with van der Waals surface area (Å²) in [5.41, 5.74) is 0.880. The number of ether oxygens (including phenoxy) is 2. The number of likely N-dealkylation sites (N-methyl/N-ethyl adjacent to an activating group) is 1. The second kappa shape index (κ2) is 13.6. The zero-order valence-electron chi connectivity index (χ0n) is 22.0. The molecule has 198 valence electrons. The summed E-state index contributed by atoms with van der Waals surface area (Å²) in [6.07, 6.45) is 5.35. The third-order valence-electron chi connectivity index (χ3n) is 6.94. The Bertz CT molecular complexity index is 953. The predicted molar refractivity (Wildman–Crippen MR) is 137 cm³/mol. The van der Waals surface area contributed by atoms with E-state index in [-0.39, 0.29) is 49.0 Å². The van der Waals surface area contributed by atoms with Crippen LogP contribution in [0, 0.1) is 17.8 Å². The van der Waals surface area contributed by atoms with Crippen molar-refractivity contribution in [2.24, 2.45) is 5.92 Å². The van der Waals surface area contributed by atoms with Gasteiger partial charge in [-0.05, 0) is 38.9 Å².